The molecule has 0 amide bonds. The second-order valence-electron chi connectivity index (χ2n) is 3.94. The number of nitrogens with one attached hydrogen (secondary N) is 1. The average molecular weight is 236 g/mol. The second kappa shape index (κ2) is 3.95. The Morgan fingerprint density at radius 1 is 1.50 bits per heavy atom. The molecule has 3 rings (SSSR count). The van der Waals surface area contributed by atoms with E-state index in [9.17, 15) is 0 Å². The van der Waals surface area contributed by atoms with Gasteiger partial charge in [-0.3, -0.25) is 0 Å². The van der Waals surface area contributed by atoms with E-state index in [2.05, 4.69) is 20.4 Å². The number of rotatable bonds is 3. The number of hydrogen-bond acceptors (Lipinski definition) is 6. The van der Waals surface area contributed by atoms with Gasteiger partial charge >= 0.3 is 0 Å². The Hall–Kier alpha value is -1.27. The smallest absolute Gasteiger partial charge is 0.232 e. The van der Waals surface area contributed by atoms with E-state index in [0.717, 1.165) is 35.5 Å². The second-order valence-corrected chi connectivity index (χ2v) is 5.00. The minimum Gasteiger partial charge on any atom is -0.339 e. The first-order chi connectivity index (χ1) is 7.81. The van der Waals surface area contributed by atoms with Crippen molar-refractivity contribution in [1.29, 1.82) is 0 Å². The molecule has 0 spiro atoms. The molecule has 0 aliphatic carbocycles. The molecule has 1 N–H and O–H groups in total. The lowest BCUT2D eigenvalue weighted by molar-refractivity contribution is 0.306. The van der Waals surface area contributed by atoms with Crippen LogP contribution in [0, 0.1) is 6.92 Å². The molecular formula is C10H12N4OS. The van der Waals surface area contributed by atoms with E-state index in [1.165, 1.54) is 0 Å². The van der Waals surface area contributed by atoms with Gasteiger partial charge in [0.25, 0.3) is 0 Å². The van der Waals surface area contributed by atoms with Gasteiger partial charge in [-0.05, 0) is 6.92 Å². The molecule has 16 heavy (non-hydrogen) atoms. The summed E-state index contributed by atoms with van der Waals surface area (Å²) in [5.41, 5.74) is 1.02. The molecule has 1 aliphatic rings. The summed E-state index contributed by atoms with van der Waals surface area (Å²) in [6.07, 6.45) is 0.661. The summed E-state index contributed by atoms with van der Waals surface area (Å²) in [5.74, 6) is 1.88. The average Bonchev–Trinajstić information content (AvgIpc) is 2.74. The Balaban J connectivity index is 1.72. The Morgan fingerprint density at radius 3 is 3.00 bits per heavy atom. The van der Waals surface area contributed by atoms with Gasteiger partial charge in [0.05, 0.1) is 23.0 Å². The molecule has 84 valence electrons. The topological polar surface area (TPSA) is 63.8 Å². The third-order valence-corrected chi connectivity index (χ3v) is 3.44. The molecule has 5 nitrogen and oxygen atoms in total. The maximum Gasteiger partial charge on any atom is 0.232 e. The zero-order chi connectivity index (χ0) is 11.0. The first-order valence-corrected chi connectivity index (χ1v) is 6.13. The van der Waals surface area contributed by atoms with Crippen molar-refractivity contribution in [3.8, 4) is 0 Å². The minimum absolute atomic E-state index is 0.401. The highest BCUT2D eigenvalue weighted by Gasteiger charge is 2.25. The fourth-order valence-electron chi connectivity index (χ4n) is 1.62. The molecule has 0 saturated carbocycles. The Bertz CT molecular complexity index is 488. The molecule has 0 atom stereocenters. The lowest BCUT2D eigenvalue weighted by Gasteiger charge is -2.22. The Kier molecular flexibility index (Phi) is 2.45. The SMILES string of the molecule is Cc1nc(Cc2noc(C3CNC3)n2)cs1. The van der Waals surface area contributed by atoms with Crippen molar-refractivity contribution in [2.75, 3.05) is 13.1 Å². The zero-order valence-corrected chi connectivity index (χ0v) is 9.75. The van der Waals surface area contributed by atoms with Crippen molar-refractivity contribution in [2.24, 2.45) is 0 Å². The first-order valence-electron chi connectivity index (χ1n) is 5.25. The van der Waals surface area contributed by atoms with Crippen LogP contribution in [0.5, 0.6) is 0 Å². The summed E-state index contributed by atoms with van der Waals surface area (Å²) in [7, 11) is 0. The van der Waals surface area contributed by atoms with Gasteiger partial charge in [0.15, 0.2) is 5.82 Å². The molecule has 0 radical (unpaired) electrons. The van der Waals surface area contributed by atoms with Crippen LogP contribution >= 0.6 is 11.3 Å². The molecule has 0 unspecified atom stereocenters. The van der Waals surface area contributed by atoms with Gasteiger partial charge < -0.3 is 9.84 Å². The molecule has 1 saturated heterocycles. The van der Waals surface area contributed by atoms with E-state index in [4.69, 9.17) is 4.52 Å². The van der Waals surface area contributed by atoms with Crippen LogP contribution in [-0.2, 0) is 6.42 Å². The molecule has 6 heteroatoms. The van der Waals surface area contributed by atoms with Crippen LogP contribution in [0.2, 0.25) is 0 Å². The first kappa shape index (κ1) is 9.92. The minimum atomic E-state index is 0.401. The molecular weight excluding hydrogens is 224 g/mol. The highest BCUT2D eigenvalue weighted by atomic mass is 32.1. The fourth-order valence-corrected chi connectivity index (χ4v) is 2.23. The van der Waals surface area contributed by atoms with Gasteiger partial charge in [-0.1, -0.05) is 5.16 Å². The van der Waals surface area contributed by atoms with E-state index >= 15 is 0 Å². The maximum absolute atomic E-state index is 5.22. The molecule has 2 aromatic rings. The zero-order valence-electron chi connectivity index (χ0n) is 8.93. The van der Waals surface area contributed by atoms with Crippen LogP contribution in [0.25, 0.3) is 0 Å². The van der Waals surface area contributed by atoms with E-state index < -0.39 is 0 Å². The van der Waals surface area contributed by atoms with Gasteiger partial charge in [-0.25, -0.2) is 4.98 Å². The van der Waals surface area contributed by atoms with Crippen molar-refractivity contribution in [1.82, 2.24) is 20.4 Å². The van der Waals surface area contributed by atoms with Crippen LogP contribution in [-0.4, -0.2) is 28.2 Å². The lowest BCUT2D eigenvalue weighted by Crippen LogP contribution is -2.40. The number of nitrogens with zero attached hydrogens (tertiary/aromatic N) is 3. The lowest BCUT2D eigenvalue weighted by atomic mass is 10.0. The molecule has 1 aliphatic heterocycles. The van der Waals surface area contributed by atoms with E-state index in [0.29, 0.717) is 12.3 Å². The molecule has 0 aromatic carbocycles. The number of thiazole rings is 1. The Labute approximate surface area is 96.9 Å². The monoisotopic (exact) mass is 236 g/mol. The van der Waals surface area contributed by atoms with Crippen molar-refractivity contribution in [2.45, 2.75) is 19.3 Å². The van der Waals surface area contributed by atoms with Crippen LogP contribution in [0.15, 0.2) is 9.90 Å². The van der Waals surface area contributed by atoms with Crippen LogP contribution in [0.1, 0.15) is 28.3 Å². The predicted octanol–water partition coefficient (Wildman–Crippen LogP) is 1.11. The van der Waals surface area contributed by atoms with Crippen LogP contribution < -0.4 is 5.32 Å². The summed E-state index contributed by atoms with van der Waals surface area (Å²) in [5, 5.41) is 10.3. The number of aromatic nitrogens is 3. The molecule has 0 bridgehead atoms. The molecule has 3 heterocycles. The highest BCUT2D eigenvalue weighted by molar-refractivity contribution is 7.09. The van der Waals surface area contributed by atoms with Gasteiger partial charge in [0.2, 0.25) is 5.89 Å². The van der Waals surface area contributed by atoms with Gasteiger partial charge in [-0.15, -0.1) is 11.3 Å². The van der Waals surface area contributed by atoms with E-state index in [1.807, 2.05) is 12.3 Å². The maximum atomic E-state index is 5.22. The summed E-state index contributed by atoms with van der Waals surface area (Å²) in [4.78, 5) is 8.76. The van der Waals surface area contributed by atoms with Gasteiger partial charge in [0, 0.05) is 18.5 Å². The number of hydrogen-bond donors (Lipinski definition) is 1. The largest absolute Gasteiger partial charge is 0.339 e. The van der Waals surface area contributed by atoms with Crippen molar-refractivity contribution >= 4 is 11.3 Å². The van der Waals surface area contributed by atoms with Gasteiger partial charge in [-0.2, -0.15) is 4.98 Å². The summed E-state index contributed by atoms with van der Waals surface area (Å²) >= 11 is 1.65. The standard InChI is InChI=1S/C10H12N4OS/c1-6-12-8(5-16-6)2-9-13-10(15-14-9)7-3-11-4-7/h5,7,11H,2-4H2,1H3. The third-order valence-electron chi connectivity index (χ3n) is 2.62. The van der Waals surface area contributed by atoms with Crippen molar-refractivity contribution < 1.29 is 4.52 Å². The quantitative estimate of drug-likeness (QED) is 0.865. The Morgan fingerprint density at radius 2 is 2.38 bits per heavy atom. The van der Waals surface area contributed by atoms with Crippen molar-refractivity contribution in [3.63, 3.8) is 0 Å². The van der Waals surface area contributed by atoms with Crippen molar-refractivity contribution in [3.05, 3.63) is 27.8 Å². The third kappa shape index (κ3) is 1.85. The summed E-state index contributed by atoms with van der Waals surface area (Å²) in [6, 6.07) is 0. The van der Waals surface area contributed by atoms with E-state index in [1.54, 1.807) is 11.3 Å². The number of aryl methyl sites for hydroxylation is 1. The molecule has 1 fully saturated rings. The fraction of sp³-hybridized carbons (Fsp3) is 0.500. The highest BCUT2D eigenvalue weighted by Crippen LogP contribution is 2.18. The summed E-state index contributed by atoms with van der Waals surface area (Å²) < 4.78 is 5.22. The van der Waals surface area contributed by atoms with Crippen LogP contribution in [0.3, 0.4) is 0 Å². The normalized spacial score (nSPS) is 16.3. The summed E-state index contributed by atoms with van der Waals surface area (Å²) in [6.45, 7) is 3.88. The van der Waals surface area contributed by atoms with E-state index in [-0.39, 0.29) is 0 Å². The van der Waals surface area contributed by atoms with Crippen LogP contribution in [0.4, 0.5) is 0 Å². The predicted molar refractivity (Wildman–Crippen MR) is 59.6 cm³/mol. The molecule has 2 aromatic heterocycles. The van der Waals surface area contributed by atoms with Gasteiger partial charge in [0.1, 0.15) is 0 Å².